The highest BCUT2D eigenvalue weighted by molar-refractivity contribution is 6.03. The summed E-state index contributed by atoms with van der Waals surface area (Å²) in [7, 11) is 0. The topological polar surface area (TPSA) is 83.6 Å². The lowest BCUT2D eigenvalue weighted by atomic mass is 10.2. The van der Waals surface area contributed by atoms with Gasteiger partial charge in [-0.15, -0.1) is 0 Å². The minimum Gasteiger partial charge on any atom is -0.338 e. The number of halogens is 1. The van der Waals surface area contributed by atoms with Crippen LogP contribution in [-0.2, 0) is 0 Å². The summed E-state index contributed by atoms with van der Waals surface area (Å²) in [6.07, 6.45) is 2.98. The van der Waals surface area contributed by atoms with E-state index >= 15 is 0 Å². The van der Waals surface area contributed by atoms with Crippen molar-refractivity contribution in [3.63, 3.8) is 0 Å². The summed E-state index contributed by atoms with van der Waals surface area (Å²) >= 11 is 0. The fraction of sp³-hybridized carbons (Fsp3) is 0.0526. The molecular formula is C19H14FN5O. The number of fused-ring (bicyclic) bond motifs is 1. The standard InChI is InChI=1S/C19H14FN5O/c1-11-9-22-17(10-21-11)19(26)23-14-6-7-15-16(8-14)25-18(24-15)12-2-4-13(20)5-3-12/h2-10H,1H3,(H,23,26)(H,24,25). The van der Waals surface area contributed by atoms with Gasteiger partial charge in [-0.25, -0.2) is 14.4 Å². The van der Waals surface area contributed by atoms with Crippen molar-refractivity contribution >= 4 is 22.6 Å². The van der Waals surface area contributed by atoms with Crippen LogP contribution in [0.3, 0.4) is 0 Å². The van der Waals surface area contributed by atoms with Crippen LogP contribution in [0.2, 0.25) is 0 Å². The number of rotatable bonds is 3. The number of hydrogen-bond donors (Lipinski definition) is 2. The molecule has 1 amide bonds. The Balaban J connectivity index is 1.60. The first-order chi connectivity index (χ1) is 12.6. The number of nitrogens with one attached hydrogen (secondary N) is 2. The number of H-pyrrole nitrogens is 1. The third-order valence-corrected chi connectivity index (χ3v) is 3.87. The van der Waals surface area contributed by atoms with E-state index < -0.39 is 0 Å². The van der Waals surface area contributed by atoms with Crippen LogP contribution in [0.4, 0.5) is 10.1 Å². The average molecular weight is 347 g/mol. The molecule has 6 nitrogen and oxygen atoms in total. The molecule has 0 bridgehead atoms. The summed E-state index contributed by atoms with van der Waals surface area (Å²) in [5.41, 5.74) is 3.89. The fourth-order valence-electron chi connectivity index (χ4n) is 2.54. The Morgan fingerprint density at radius 3 is 2.62 bits per heavy atom. The second-order valence-electron chi connectivity index (χ2n) is 5.82. The van der Waals surface area contributed by atoms with E-state index in [0.29, 0.717) is 11.5 Å². The summed E-state index contributed by atoms with van der Waals surface area (Å²) in [5, 5.41) is 2.79. The molecule has 4 aromatic rings. The van der Waals surface area contributed by atoms with E-state index in [0.717, 1.165) is 22.3 Å². The molecule has 0 unspecified atom stereocenters. The Kier molecular flexibility index (Phi) is 3.89. The number of benzene rings is 2. The third-order valence-electron chi connectivity index (χ3n) is 3.87. The number of carbonyl (C=O) groups is 1. The number of aryl methyl sites for hydroxylation is 1. The van der Waals surface area contributed by atoms with Crippen molar-refractivity contribution in [3.05, 3.63) is 72.1 Å². The zero-order chi connectivity index (χ0) is 18.1. The molecule has 26 heavy (non-hydrogen) atoms. The lowest BCUT2D eigenvalue weighted by molar-refractivity contribution is 0.102. The molecule has 2 N–H and O–H groups in total. The first kappa shape index (κ1) is 15.9. The summed E-state index contributed by atoms with van der Waals surface area (Å²) in [6.45, 7) is 1.81. The van der Waals surface area contributed by atoms with Crippen LogP contribution in [0.25, 0.3) is 22.4 Å². The molecule has 0 aliphatic rings. The van der Waals surface area contributed by atoms with E-state index in [1.54, 1.807) is 43.5 Å². The molecule has 7 heteroatoms. The number of hydrogen-bond acceptors (Lipinski definition) is 4. The molecule has 0 aliphatic carbocycles. The molecule has 0 atom stereocenters. The Bertz CT molecular complexity index is 1090. The monoisotopic (exact) mass is 347 g/mol. The van der Waals surface area contributed by atoms with Crippen LogP contribution in [0.1, 0.15) is 16.2 Å². The summed E-state index contributed by atoms with van der Waals surface area (Å²) in [5.74, 6) is -0.00272. The van der Waals surface area contributed by atoms with Crippen molar-refractivity contribution in [3.8, 4) is 11.4 Å². The predicted molar refractivity (Wildman–Crippen MR) is 96.2 cm³/mol. The third kappa shape index (κ3) is 3.14. The van der Waals surface area contributed by atoms with E-state index in [9.17, 15) is 9.18 Å². The van der Waals surface area contributed by atoms with Gasteiger partial charge in [-0.1, -0.05) is 0 Å². The Morgan fingerprint density at radius 2 is 1.88 bits per heavy atom. The molecular weight excluding hydrogens is 333 g/mol. The Morgan fingerprint density at radius 1 is 1.08 bits per heavy atom. The number of nitrogens with zero attached hydrogens (tertiary/aromatic N) is 3. The van der Waals surface area contributed by atoms with Crippen molar-refractivity contribution in [1.82, 2.24) is 19.9 Å². The highest BCUT2D eigenvalue weighted by atomic mass is 19.1. The number of amides is 1. The van der Waals surface area contributed by atoms with Crippen molar-refractivity contribution < 1.29 is 9.18 Å². The van der Waals surface area contributed by atoms with E-state index in [2.05, 4.69) is 25.3 Å². The summed E-state index contributed by atoms with van der Waals surface area (Å²) < 4.78 is 13.1. The smallest absolute Gasteiger partial charge is 0.275 e. The van der Waals surface area contributed by atoms with Crippen LogP contribution in [0, 0.1) is 12.7 Å². The van der Waals surface area contributed by atoms with Gasteiger partial charge in [0.05, 0.1) is 22.9 Å². The maximum absolute atomic E-state index is 13.1. The molecule has 0 fully saturated rings. The van der Waals surface area contributed by atoms with Gasteiger partial charge in [-0.3, -0.25) is 9.78 Å². The predicted octanol–water partition coefficient (Wildman–Crippen LogP) is 3.72. The maximum atomic E-state index is 13.1. The minimum atomic E-state index is -0.338. The number of aromatic nitrogens is 4. The minimum absolute atomic E-state index is 0.243. The lowest BCUT2D eigenvalue weighted by Gasteiger charge is -2.04. The summed E-state index contributed by atoms with van der Waals surface area (Å²) in [6, 6.07) is 11.4. The first-order valence-electron chi connectivity index (χ1n) is 7.94. The van der Waals surface area contributed by atoms with Gasteiger partial charge >= 0.3 is 0 Å². The zero-order valence-corrected chi connectivity index (χ0v) is 13.8. The molecule has 4 rings (SSSR count). The molecule has 2 heterocycles. The molecule has 2 aromatic carbocycles. The van der Waals surface area contributed by atoms with Gasteiger partial charge in [-0.05, 0) is 49.4 Å². The van der Waals surface area contributed by atoms with Gasteiger partial charge in [0.15, 0.2) is 0 Å². The second kappa shape index (κ2) is 6.36. The Labute approximate surface area is 148 Å². The average Bonchev–Trinajstić information content (AvgIpc) is 3.06. The molecule has 0 spiro atoms. The quantitative estimate of drug-likeness (QED) is 0.592. The van der Waals surface area contributed by atoms with Crippen molar-refractivity contribution in [1.29, 1.82) is 0 Å². The van der Waals surface area contributed by atoms with E-state index in [-0.39, 0.29) is 17.4 Å². The zero-order valence-electron chi connectivity index (χ0n) is 13.8. The van der Waals surface area contributed by atoms with Crippen LogP contribution >= 0.6 is 0 Å². The molecule has 2 aromatic heterocycles. The van der Waals surface area contributed by atoms with Gasteiger partial charge in [-0.2, -0.15) is 0 Å². The van der Waals surface area contributed by atoms with Gasteiger partial charge in [0.25, 0.3) is 5.91 Å². The first-order valence-corrected chi connectivity index (χ1v) is 7.94. The van der Waals surface area contributed by atoms with Crippen molar-refractivity contribution in [2.45, 2.75) is 6.92 Å². The number of imidazole rings is 1. The highest BCUT2D eigenvalue weighted by Crippen LogP contribution is 2.23. The molecule has 0 aliphatic heterocycles. The van der Waals surface area contributed by atoms with Crippen LogP contribution in [0.15, 0.2) is 54.9 Å². The highest BCUT2D eigenvalue weighted by Gasteiger charge is 2.10. The summed E-state index contributed by atoms with van der Waals surface area (Å²) in [4.78, 5) is 28.0. The number of anilines is 1. The van der Waals surface area contributed by atoms with Gasteiger partial charge in [0, 0.05) is 17.4 Å². The molecule has 0 saturated heterocycles. The van der Waals surface area contributed by atoms with Crippen molar-refractivity contribution in [2.75, 3.05) is 5.32 Å². The van der Waals surface area contributed by atoms with Gasteiger partial charge in [0.2, 0.25) is 0 Å². The van der Waals surface area contributed by atoms with Crippen molar-refractivity contribution in [2.24, 2.45) is 0 Å². The molecule has 0 saturated carbocycles. The van der Waals surface area contributed by atoms with Crippen LogP contribution < -0.4 is 5.32 Å². The number of aromatic amines is 1. The normalized spacial score (nSPS) is 10.8. The largest absolute Gasteiger partial charge is 0.338 e. The molecule has 128 valence electrons. The van der Waals surface area contributed by atoms with Gasteiger partial charge in [0.1, 0.15) is 17.3 Å². The van der Waals surface area contributed by atoms with Crippen LogP contribution in [0.5, 0.6) is 0 Å². The SMILES string of the molecule is Cc1cnc(C(=O)Nc2ccc3nc(-c4ccc(F)cc4)[nH]c3c2)cn1. The van der Waals surface area contributed by atoms with E-state index in [1.165, 1.54) is 18.3 Å². The molecule has 0 radical (unpaired) electrons. The Hall–Kier alpha value is -3.61. The number of carbonyl (C=O) groups excluding carboxylic acids is 1. The second-order valence-corrected chi connectivity index (χ2v) is 5.82. The van der Waals surface area contributed by atoms with E-state index in [4.69, 9.17) is 0 Å². The lowest BCUT2D eigenvalue weighted by Crippen LogP contribution is -2.14. The van der Waals surface area contributed by atoms with Crippen LogP contribution in [-0.4, -0.2) is 25.8 Å². The van der Waals surface area contributed by atoms with E-state index in [1.807, 2.05) is 0 Å². The fourth-order valence-corrected chi connectivity index (χ4v) is 2.54. The maximum Gasteiger partial charge on any atom is 0.275 e. The van der Waals surface area contributed by atoms with Gasteiger partial charge < -0.3 is 10.3 Å².